The zero-order valence-electron chi connectivity index (χ0n) is 11.8. The van der Waals surface area contributed by atoms with Crippen LogP contribution in [0.3, 0.4) is 0 Å². The van der Waals surface area contributed by atoms with Crippen LogP contribution in [0.4, 0.5) is 8.78 Å². The van der Waals surface area contributed by atoms with E-state index < -0.39 is 29.6 Å². The first-order valence-electron chi connectivity index (χ1n) is 6.76. The van der Waals surface area contributed by atoms with Gasteiger partial charge in [-0.1, -0.05) is 0 Å². The minimum Gasteiger partial charge on any atom is -0.480 e. The van der Waals surface area contributed by atoms with Crippen LogP contribution in [0.5, 0.6) is 0 Å². The van der Waals surface area contributed by atoms with Gasteiger partial charge in [0.25, 0.3) is 0 Å². The number of carboxylic acids is 1. The Kier molecular flexibility index (Phi) is 6.96. The molecule has 1 aromatic rings. The number of nitrogens with one attached hydrogen (secondary N) is 1. The minimum atomic E-state index is -1.18. The van der Waals surface area contributed by atoms with Gasteiger partial charge in [0.05, 0.1) is 12.5 Å². The number of halogens is 2. The van der Waals surface area contributed by atoms with Gasteiger partial charge in [-0.15, -0.1) is 0 Å². The van der Waals surface area contributed by atoms with E-state index >= 15 is 0 Å². The molecule has 0 heterocycles. The van der Waals surface area contributed by atoms with Gasteiger partial charge >= 0.3 is 5.97 Å². The molecule has 0 aliphatic heterocycles. The number of amides is 1. The van der Waals surface area contributed by atoms with E-state index in [0.717, 1.165) is 12.1 Å². The number of rotatable bonds is 8. The second-order valence-corrected chi connectivity index (χ2v) is 4.82. The molecule has 0 spiro atoms. The van der Waals surface area contributed by atoms with E-state index in [0.29, 0.717) is 25.3 Å². The van der Waals surface area contributed by atoms with Crippen LogP contribution in [-0.2, 0) is 16.0 Å². The fraction of sp³-hybridized carbons (Fsp3) is 0.400. The molecule has 0 saturated carbocycles. The van der Waals surface area contributed by atoms with Crippen molar-refractivity contribution in [2.45, 2.75) is 38.1 Å². The smallest absolute Gasteiger partial charge is 0.326 e. The molecule has 7 heteroatoms. The summed E-state index contributed by atoms with van der Waals surface area (Å²) < 4.78 is 26.0. The number of hydrogen-bond donors (Lipinski definition) is 2. The maximum absolute atomic E-state index is 13.0. The summed E-state index contributed by atoms with van der Waals surface area (Å²) in [6.07, 6.45) is 1.24. The molecule has 1 amide bonds. The van der Waals surface area contributed by atoms with Crippen molar-refractivity contribution >= 4 is 11.9 Å². The SMILES string of the molecule is N#CCCCC[C@@H](NC(=O)Cc1cc(F)cc(F)c1)C(=O)O. The van der Waals surface area contributed by atoms with Gasteiger partial charge < -0.3 is 10.4 Å². The summed E-state index contributed by atoms with van der Waals surface area (Å²) in [7, 11) is 0. The molecular weight excluding hydrogens is 294 g/mol. The van der Waals surface area contributed by atoms with Crippen molar-refractivity contribution in [1.29, 1.82) is 5.26 Å². The predicted molar refractivity (Wildman–Crippen MR) is 73.7 cm³/mol. The lowest BCUT2D eigenvalue weighted by molar-refractivity contribution is -0.142. The van der Waals surface area contributed by atoms with Crippen LogP contribution in [0.15, 0.2) is 18.2 Å². The molecule has 0 aliphatic carbocycles. The number of benzene rings is 1. The topological polar surface area (TPSA) is 90.2 Å². The Balaban J connectivity index is 2.56. The molecular formula is C15H16F2N2O3. The first kappa shape index (κ1) is 17.6. The van der Waals surface area contributed by atoms with E-state index in [1.54, 1.807) is 0 Å². The predicted octanol–water partition coefficient (Wildman–Crippen LogP) is 2.16. The highest BCUT2D eigenvalue weighted by Gasteiger charge is 2.19. The monoisotopic (exact) mass is 310 g/mol. The van der Waals surface area contributed by atoms with Crippen molar-refractivity contribution in [2.75, 3.05) is 0 Å². The second kappa shape index (κ2) is 8.72. The van der Waals surface area contributed by atoms with Crippen LogP contribution in [0, 0.1) is 23.0 Å². The number of hydrogen-bond acceptors (Lipinski definition) is 3. The molecule has 0 aliphatic rings. The Bertz CT molecular complexity index is 564. The molecule has 1 rings (SSSR count). The quantitative estimate of drug-likeness (QED) is 0.720. The molecule has 5 nitrogen and oxygen atoms in total. The van der Waals surface area contributed by atoms with Crippen molar-refractivity contribution < 1.29 is 23.5 Å². The first-order chi connectivity index (χ1) is 10.4. The third-order valence-electron chi connectivity index (χ3n) is 2.95. The highest BCUT2D eigenvalue weighted by molar-refractivity contribution is 5.84. The van der Waals surface area contributed by atoms with Crippen LogP contribution in [0.1, 0.15) is 31.2 Å². The van der Waals surface area contributed by atoms with Crippen LogP contribution in [0.2, 0.25) is 0 Å². The third-order valence-corrected chi connectivity index (χ3v) is 2.95. The Hall–Kier alpha value is -2.49. The van der Waals surface area contributed by atoms with Gasteiger partial charge in [-0.25, -0.2) is 13.6 Å². The Morgan fingerprint density at radius 2 is 1.86 bits per heavy atom. The Morgan fingerprint density at radius 3 is 2.41 bits per heavy atom. The van der Waals surface area contributed by atoms with E-state index in [9.17, 15) is 18.4 Å². The molecule has 0 fully saturated rings. The van der Waals surface area contributed by atoms with Gasteiger partial charge in [0, 0.05) is 12.5 Å². The normalized spacial score (nSPS) is 11.5. The Labute approximate surface area is 126 Å². The van der Waals surface area contributed by atoms with Gasteiger partial charge in [-0.3, -0.25) is 4.79 Å². The fourth-order valence-electron chi connectivity index (χ4n) is 1.95. The van der Waals surface area contributed by atoms with E-state index in [1.807, 2.05) is 6.07 Å². The number of carbonyl (C=O) groups excluding carboxylic acids is 1. The third kappa shape index (κ3) is 6.31. The fourth-order valence-corrected chi connectivity index (χ4v) is 1.95. The van der Waals surface area contributed by atoms with Gasteiger partial charge in [0.1, 0.15) is 17.7 Å². The molecule has 1 atom stereocenters. The number of carboxylic acid groups (broad SMARTS) is 1. The summed E-state index contributed by atoms with van der Waals surface area (Å²) in [5, 5.41) is 19.7. The zero-order chi connectivity index (χ0) is 16.5. The van der Waals surface area contributed by atoms with E-state index in [-0.39, 0.29) is 18.4 Å². The van der Waals surface area contributed by atoms with E-state index in [2.05, 4.69) is 5.32 Å². The van der Waals surface area contributed by atoms with Crippen LogP contribution < -0.4 is 5.32 Å². The maximum Gasteiger partial charge on any atom is 0.326 e. The van der Waals surface area contributed by atoms with Gasteiger partial charge in [-0.2, -0.15) is 5.26 Å². The van der Waals surface area contributed by atoms with Crippen LogP contribution in [-0.4, -0.2) is 23.0 Å². The second-order valence-electron chi connectivity index (χ2n) is 4.82. The summed E-state index contributed by atoms with van der Waals surface area (Å²) in [5.74, 6) is -3.41. The van der Waals surface area contributed by atoms with Crippen molar-refractivity contribution in [3.05, 3.63) is 35.4 Å². The lowest BCUT2D eigenvalue weighted by Crippen LogP contribution is -2.41. The Morgan fingerprint density at radius 1 is 1.23 bits per heavy atom. The highest BCUT2D eigenvalue weighted by Crippen LogP contribution is 2.09. The summed E-state index contributed by atoms with van der Waals surface area (Å²) in [6.45, 7) is 0. The first-order valence-corrected chi connectivity index (χ1v) is 6.76. The van der Waals surface area contributed by atoms with Crippen molar-refractivity contribution in [3.8, 4) is 6.07 Å². The highest BCUT2D eigenvalue weighted by atomic mass is 19.1. The van der Waals surface area contributed by atoms with Crippen LogP contribution >= 0.6 is 0 Å². The lowest BCUT2D eigenvalue weighted by Gasteiger charge is -2.14. The number of carbonyl (C=O) groups is 2. The van der Waals surface area contributed by atoms with Gasteiger partial charge in [-0.05, 0) is 37.0 Å². The lowest BCUT2D eigenvalue weighted by atomic mass is 10.1. The molecule has 2 N–H and O–H groups in total. The van der Waals surface area contributed by atoms with Gasteiger partial charge in [0.15, 0.2) is 0 Å². The number of nitriles is 1. The molecule has 0 aromatic heterocycles. The molecule has 1 aromatic carbocycles. The molecule has 0 unspecified atom stereocenters. The number of nitrogens with zero attached hydrogens (tertiary/aromatic N) is 1. The standard InChI is InChI=1S/C15H16F2N2O3/c16-11-6-10(7-12(17)9-11)8-14(20)19-13(15(21)22)4-2-1-3-5-18/h6-7,9,13H,1-4,8H2,(H,19,20)(H,21,22)/t13-/m1/s1. The largest absolute Gasteiger partial charge is 0.480 e. The summed E-state index contributed by atoms with van der Waals surface area (Å²) >= 11 is 0. The summed E-state index contributed by atoms with van der Waals surface area (Å²) in [4.78, 5) is 22.8. The summed E-state index contributed by atoms with van der Waals surface area (Å²) in [6, 6.07) is 3.60. The number of aliphatic carboxylic acids is 1. The number of unbranched alkanes of at least 4 members (excludes halogenated alkanes) is 2. The summed E-state index contributed by atoms with van der Waals surface area (Å²) in [5.41, 5.74) is 0.128. The molecule has 0 saturated heterocycles. The van der Waals surface area contributed by atoms with Crippen LogP contribution in [0.25, 0.3) is 0 Å². The van der Waals surface area contributed by atoms with E-state index in [4.69, 9.17) is 10.4 Å². The molecule has 0 radical (unpaired) electrons. The zero-order valence-corrected chi connectivity index (χ0v) is 11.8. The van der Waals surface area contributed by atoms with Crippen molar-refractivity contribution in [2.24, 2.45) is 0 Å². The van der Waals surface area contributed by atoms with E-state index in [1.165, 1.54) is 0 Å². The molecule has 118 valence electrons. The van der Waals surface area contributed by atoms with Crippen molar-refractivity contribution in [1.82, 2.24) is 5.32 Å². The average molecular weight is 310 g/mol. The maximum atomic E-state index is 13.0. The van der Waals surface area contributed by atoms with Crippen molar-refractivity contribution in [3.63, 3.8) is 0 Å². The molecule has 0 bridgehead atoms. The minimum absolute atomic E-state index is 0.128. The van der Waals surface area contributed by atoms with Gasteiger partial charge in [0.2, 0.25) is 5.91 Å². The molecule has 22 heavy (non-hydrogen) atoms. The average Bonchev–Trinajstić information content (AvgIpc) is 2.40.